The van der Waals surface area contributed by atoms with Crippen LogP contribution >= 0.6 is 0 Å². The lowest BCUT2D eigenvalue weighted by Crippen LogP contribution is -2.04. The average molecular weight is 269 g/mol. The van der Waals surface area contributed by atoms with Crippen LogP contribution in [0.3, 0.4) is 0 Å². The van der Waals surface area contributed by atoms with E-state index in [0.717, 1.165) is 35.4 Å². The van der Waals surface area contributed by atoms with E-state index in [1.165, 1.54) is 19.3 Å². The van der Waals surface area contributed by atoms with Crippen LogP contribution in [-0.2, 0) is 19.4 Å². The van der Waals surface area contributed by atoms with Gasteiger partial charge < -0.3 is 10.5 Å². The summed E-state index contributed by atoms with van der Waals surface area (Å²) in [6, 6.07) is 7.84. The van der Waals surface area contributed by atoms with E-state index in [0.29, 0.717) is 12.4 Å². The van der Waals surface area contributed by atoms with Gasteiger partial charge in [0.05, 0.1) is 5.69 Å². The second-order valence-corrected chi connectivity index (χ2v) is 5.08. The number of benzene rings is 1. The minimum absolute atomic E-state index is 0.462. The lowest BCUT2D eigenvalue weighted by Gasteiger charge is -2.13. The van der Waals surface area contributed by atoms with Crippen LogP contribution < -0.4 is 10.5 Å². The van der Waals surface area contributed by atoms with E-state index in [9.17, 15) is 0 Å². The molecule has 0 saturated carbocycles. The van der Waals surface area contributed by atoms with E-state index < -0.39 is 0 Å². The maximum absolute atomic E-state index is 6.02. The topological polar surface area (TPSA) is 61.0 Å². The molecule has 4 nitrogen and oxygen atoms in total. The molecule has 0 aliphatic heterocycles. The van der Waals surface area contributed by atoms with Crippen LogP contribution in [0, 0.1) is 0 Å². The molecule has 2 aromatic rings. The van der Waals surface area contributed by atoms with Crippen molar-refractivity contribution in [3.05, 3.63) is 47.4 Å². The second-order valence-electron chi connectivity index (χ2n) is 5.08. The van der Waals surface area contributed by atoms with Gasteiger partial charge in [0.15, 0.2) is 0 Å². The van der Waals surface area contributed by atoms with E-state index in [1.807, 2.05) is 24.3 Å². The number of nitrogens with two attached hydrogens (primary N) is 1. The average Bonchev–Trinajstić information content (AvgIpc) is 2.74. The number of para-hydroxylation sites is 1. The molecule has 1 aromatic heterocycles. The number of aryl methyl sites for hydroxylation is 1. The van der Waals surface area contributed by atoms with E-state index in [4.69, 9.17) is 10.5 Å². The summed E-state index contributed by atoms with van der Waals surface area (Å²) in [4.78, 5) is 8.74. The quantitative estimate of drug-likeness (QED) is 0.870. The zero-order valence-electron chi connectivity index (χ0n) is 11.5. The Labute approximate surface area is 119 Å². The van der Waals surface area contributed by atoms with Crippen molar-refractivity contribution < 1.29 is 4.74 Å². The van der Waals surface area contributed by atoms with Gasteiger partial charge in [0.2, 0.25) is 5.88 Å². The number of nitrogens with zero attached hydrogens (tertiary/aromatic N) is 2. The van der Waals surface area contributed by atoms with Crippen molar-refractivity contribution in [3.63, 3.8) is 0 Å². The third kappa shape index (κ3) is 2.65. The van der Waals surface area contributed by atoms with Crippen molar-refractivity contribution in [2.45, 2.75) is 38.6 Å². The third-order valence-electron chi connectivity index (χ3n) is 3.73. The van der Waals surface area contributed by atoms with Crippen LogP contribution in [0.4, 0.5) is 0 Å². The first kappa shape index (κ1) is 13.1. The molecule has 104 valence electrons. The van der Waals surface area contributed by atoms with Gasteiger partial charge in [0.1, 0.15) is 12.1 Å². The molecule has 0 unspecified atom stereocenters. The van der Waals surface area contributed by atoms with Gasteiger partial charge >= 0.3 is 0 Å². The van der Waals surface area contributed by atoms with Crippen molar-refractivity contribution in [2.75, 3.05) is 0 Å². The number of ether oxygens (including phenoxy) is 1. The molecule has 0 saturated heterocycles. The lowest BCUT2D eigenvalue weighted by molar-refractivity contribution is 0.447. The first-order valence-electron chi connectivity index (χ1n) is 7.17. The molecule has 2 N–H and O–H groups in total. The smallest absolute Gasteiger partial charge is 0.225 e. The van der Waals surface area contributed by atoms with Gasteiger partial charge in [-0.1, -0.05) is 24.6 Å². The van der Waals surface area contributed by atoms with E-state index in [2.05, 4.69) is 9.97 Å². The fourth-order valence-corrected chi connectivity index (χ4v) is 2.63. The van der Waals surface area contributed by atoms with Gasteiger partial charge in [-0.2, -0.15) is 0 Å². The highest BCUT2D eigenvalue weighted by Crippen LogP contribution is 2.30. The predicted molar refractivity (Wildman–Crippen MR) is 77.7 cm³/mol. The molecule has 0 radical (unpaired) electrons. The fourth-order valence-electron chi connectivity index (χ4n) is 2.63. The molecule has 1 heterocycles. The molecule has 1 aromatic carbocycles. The molecule has 1 aliphatic rings. The first-order chi connectivity index (χ1) is 9.88. The van der Waals surface area contributed by atoms with Gasteiger partial charge in [0.25, 0.3) is 0 Å². The molecule has 20 heavy (non-hydrogen) atoms. The first-order valence-corrected chi connectivity index (χ1v) is 7.17. The highest BCUT2D eigenvalue weighted by Gasteiger charge is 2.16. The zero-order chi connectivity index (χ0) is 13.8. The summed E-state index contributed by atoms with van der Waals surface area (Å²) in [6.07, 6.45) is 7.24. The Morgan fingerprint density at radius 2 is 1.90 bits per heavy atom. The summed E-state index contributed by atoms with van der Waals surface area (Å²) >= 11 is 0. The molecule has 4 heteroatoms. The van der Waals surface area contributed by atoms with Gasteiger partial charge in [-0.3, -0.25) is 0 Å². The van der Waals surface area contributed by atoms with E-state index in [-0.39, 0.29) is 0 Å². The molecule has 1 aliphatic carbocycles. The molecule has 0 atom stereocenters. The summed E-state index contributed by atoms with van der Waals surface area (Å²) in [6.45, 7) is 0.462. The standard InChI is InChI=1S/C16H19N3O/c17-10-12-6-4-5-9-15(12)20-16-13-7-2-1-3-8-14(13)18-11-19-16/h4-6,9,11H,1-3,7-8,10,17H2. The second kappa shape index (κ2) is 6.01. The zero-order valence-corrected chi connectivity index (χ0v) is 11.5. The van der Waals surface area contributed by atoms with Gasteiger partial charge in [-0.05, 0) is 31.7 Å². The van der Waals surface area contributed by atoms with E-state index in [1.54, 1.807) is 6.33 Å². The number of fused-ring (bicyclic) bond motifs is 1. The van der Waals surface area contributed by atoms with Crippen LogP contribution in [0.15, 0.2) is 30.6 Å². The molecule has 3 rings (SSSR count). The van der Waals surface area contributed by atoms with Crippen molar-refractivity contribution in [1.29, 1.82) is 0 Å². The normalized spacial score (nSPS) is 14.4. The highest BCUT2D eigenvalue weighted by atomic mass is 16.5. The van der Waals surface area contributed by atoms with E-state index >= 15 is 0 Å². The number of aromatic nitrogens is 2. The molecule has 0 bridgehead atoms. The van der Waals surface area contributed by atoms with Crippen LogP contribution in [0.1, 0.15) is 36.1 Å². The lowest BCUT2D eigenvalue weighted by atomic mass is 10.1. The van der Waals surface area contributed by atoms with Crippen LogP contribution in [-0.4, -0.2) is 9.97 Å². The molecule has 0 amide bonds. The third-order valence-corrected chi connectivity index (χ3v) is 3.73. The minimum atomic E-state index is 0.462. The summed E-state index contributed by atoms with van der Waals surface area (Å²) in [5.41, 5.74) is 9.05. The van der Waals surface area contributed by atoms with Gasteiger partial charge in [-0.25, -0.2) is 9.97 Å². The fraction of sp³-hybridized carbons (Fsp3) is 0.375. The summed E-state index contributed by atoms with van der Waals surface area (Å²) in [5.74, 6) is 1.48. The summed E-state index contributed by atoms with van der Waals surface area (Å²) in [5, 5.41) is 0. The molecule has 0 fully saturated rings. The number of hydrogen-bond acceptors (Lipinski definition) is 4. The number of hydrogen-bond donors (Lipinski definition) is 1. The Hall–Kier alpha value is -1.94. The van der Waals surface area contributed by atoms with Crippen molar-refractivity contribution >= 4 is 0 Å². The molecular weight excluding hydrogens is 250 g/mol. The van der Waals surface area contributed by atoms with Crippen LogP contribution in [0.2, 0.25) is 0 Å². The highest BCUT2D eigenvalue weighted by molar-refractivity contribution is 5.39. The Morgan fingerprint density at radius 1 is 1.05 bits per heavy atom. The maximum atomic E-state index is 6.02. The summed E-state index contributed by atoms with van der Waals surface area (Å²) in [7, 11) is 0. The SMILES string of the molecule is NCc1ccccc1Oc1ncnc2c1CCCCC2. The monoisotopic (exact) mass is 269 g/mol. The van der Waals surface area contributed by atoms with Crippen LogP contribution in [0.5, 0.6) is 11.6 Å². The van der Waals surface area contributed by atoms with Crippen LogP contribution in [0.25, 0.3) is 0 Å². The number of rotatable bonds is 3. The Morgan fingerprint density at radius 3 is 2.80 bits per heavy atom. The molecule has 0 spiro atoms. The Bertz CT molecular complexity index is 598. The van der Waals surface area contributed by atoms with Crippen molar-refractivity contribution in [3.8, 4) is 11.6 Å². The van der Waals surface area contributed by atoms with Gasteiger partial charge in [-0.15, -0.1) is 0 Å². The maximum Gasteiger partial charge on any atom is 0.225 e. The van der Waals surface area contributed by atoms with Crippen molar-refractivity contribution in [2.24, 2.45) is 5.73 Å². The predicted octanol–water partition coefficient (Wildman–Crippen LogP) is 3.00. The van der Waals surface area contributed by atoms with Crippen molar-refractivity contribution in [1.82, 2.24) is 9.97 Å². The Balaban J connectivity index is 1.95. The van der Waals surface area contributed by atoms with Gasteiger partial charge in [0, 0.05) is 17.7 Å². The molecular formula is C16H19N3O. The minimum Gasteiger partial charge on any atom is -0.438 e. The largest absolute Gasteiger partial charge is 0.438 e. The summed E-state index contributed by atoms with van der Waals surface area (Å²) < 4.78 is 6.02. The Kier molecular flexibility index (Phi) is 3.92.